The third kappa shape index (κ3) is 10.2. The molecule has 0 aliphatic heterocycles. The van der Waals surface area contributed by atoms with Gasteiger partial charge in [0.05, 0.1) is 31.4 Å². The SMILES string of the molecule is CC(C)(CCOC(C)(C)C(=O)NC(C=O)CN=[N+]=[N-])OCCN=[N+]=[N-]. The number of hydrogen-bond acceptors (Lipinski definition) is 6. The van der Waals surface area contributed by atoms with Crippen molar-refractivity contribution in [2.45, 2.75) is 51.4 Å². The van der Waals surface area contributed by atoms with Gasteiger partial charge in [-0.1, -0.05) is 10.2 Å². The fraction of sp³-hybridized carbons (Fsp3) is 0.857. The van der Waals surface area contributed by atoms with Crippen LogP contribution in [0.1, 0.15) is 34.1 Å². The first-order valence-corrected chi connectivity index (χ1v) is 7.74. The number of azide groups is 2. The number of rotatable bonds is 13. The maximum atomic E-state index is 12.2. The van der Waals surface area contributed by atoms with Gasteiger partial charge in [-0.3, -0.25) is 4.79 Å². The number of amides is 1. The zero-order chi connectivity index (χ0) is 19.3. The number of nitrogens with zero attached hydrogens (tertiary/aromatic N) is 6. The molecule has 0 heterocycles. The van der Waals surface area contributed by atoms with Crippen molar-refractivity contribution < 1.29 is 19.1 Å². The lowest BCUT2D eigenvalue weighted by Crippen LogP contribution is -2.50. The minimum Gasteiger partial charge on any atom is -0.375 e. The van der Waals surface area contributed by atoms with Crippen LogP contribution in [0.15, 0.2) is 10.2 Å². The predicted molar refractivity (Wildman–Crippen MR) is 90.7 cm³/mol. The Kier molecular flexibility index (Phi) is 10.2. The van der Waals surface area contributed by atoms with Crippen LogP contribution in [0.5, 0.6) is 0 Å². The average molecular weight is 355 g/mol. The van der Waals surface area contributed by atoms with E-state index in [0.717, 1.165) is 0 Å². The molecule has 0 fully saturated rings. The van der Waals surface area contributed by atoms with Gasteiger partial charge in [0.15, 0.2) is 0 Å². The average Bonchev–Trinajstić information content (AvgIpc) is 2.54. The Labute approximate surface area is 146 Å². The topological polar surface area (TPSA) is 162 Å². The van der Waals surface area contributed by atoms with Crippen LogP contribution >= 0.6 is 0 Å². The molecule has 0 saturated carbocycles. The Bertz CT molecular complexity index is 537. The van der Waals surface area contributed by atoms with Crippen molar-refractivity contribution in [2.75, 3.05) is 26.3 Å². The number of ether oxygens (including phenoxy) is 2. The van der Waals surface area contributed by atoms with Gasteiger partial charge in [0.2, 0.25) is 0 Å². The fourth-order valence-corrected chi connectivity index (χ4v) is 1.69. The standard InChI is InChI=1S/C14H25N7O4/c1-13(2,24-8-6-17-20-15)5-7-25-14(3,4)12(23)19-11(10-22)9-18-21-16/h10-11H,5-9H2,1-4H3,(H,19,23). The maximum Gasteiger partial charge on any atom is 0.252 e. The van der Waals surface area contributed by atoms with Crippen LogP contribution in [-0.4, -0.2) is 55.7 Å². The molecule has 0 aromatic heterocycles. The lowest BCUT2D eigenvalue weighted by molar-refractivity contribution is -0.146. The molecular weight excluding hydrogens is 330 g/mol. The van der Waals surface area contributed by atoms with Crippen LogP contribution in [0.4, 0.5) is 0 Å². The largest absolute Gasteiger partial charge is 0.375 e. The molecule has 1 N–H and O–H groups in total. The molecule has 11 heteroatoms. The molecular formula is C14H25N7O4. The van der Waals surface area contributed by atoms with E-state index < -0.39 is 23.2 Å². The third-order valence-electron chi connectivity index (χ3n) is 3.28. The Morgan fingerprint density at radius 3 is 2.36 bits per heavy atom. The van der Waals surface area contributed by atoms with E-state index in [1.165, 1.54) is 0 Å². The molecule has 140 valence electrons. The Balaban J connectivity index is 4.40. The van der Waals surface area contributed by atoms with E-state index in [1.807, 2.05) is 13.8 Å². The summed E-state index contributed by atoms with van der Waals surface area (Å²) in [6.07, 6.45) is 1.01. The Hall–Kier alpha value is -2.32. The minimum atomic E-state index is -1.17. The van der Waals surface area contributed by atoms with E-state index in [4.69, 9.17) is 20.5 Å². The molecule has 1 atom stereocenters. The van der Waals surface area contributed by atoms with Gasteiger partial charge in [0.25, 0.3) is 5.91 Å². The molecule has 1 amide bonds. The molecule has 0 aliphatic carbocycles. The molecule has 25 heavy (non-hydrogen) atoms. The summed E-state index contributed by atoms with van der Waals surface area (Å²) in [5, 5.41) is 9.11. The molecule has 11 nitrogen and oxygen atoms in total. The van der Waals surface area contributed by atoms with Crippen molar-refractivity contribution in [2.24, 2.45) is 10.2 Å². The van der Waals surface area contributed by atoms with Gasteiger partial charge in [0, 0.05) is 16.4 Å². The summed E-state index contributed by atoms with van der Waals surface area (Å²) in [4.78, 5) is 28.3. The molecule has 0 bridgehead atoms. The quantitative estimate of drug-likeness (QED) is 0.176. The molecule has 0 aromatic rings. The lowest BCUT2D eigenvalue weighted by Gasteiger charge is -2.29. The lowest BCUT2D eigenvalue weighted by atomic mass is 10.0. The first-order chi connectivity index (χ1) is 11.7. The number of carbonyl (C=O) groups excluding carboxylic acids is 2. The second-order valence-electron chi connectivity index (χ2n) is 6.30. The van der Waals surface area contributed by atoms with E-state index in [1.54, 1.807) is 13.8 Å². The molecule has 0 aliphatic rings. The van der Waals surface area contributed by atoms with Crippen LogP contribution in [0, 0.1) is 0 Å². The summed E-state index contributed by atoms with van der Waals surface area (Å²) in [5.41, 5.74) is 14.8. The van der Waals surface area contributed by atoms with Crippen molar-refractivity contribution >= 4 is 12.2 Å². The highest BCUT2D eigenvalue weighted by Crippen LogP contribution is 2.17. The van der Waals surface area contributed by atoms with Crippen molar-refractivity contribution in [3.8, 4) is 0 Å². The van der Waals surface area contributed by atoms with Gasteiger partial charge in [0.1, 0.15) is 11.9 Å². The van der Waals surface area contributed by atoms with Crippen molar-refractivity contribution in [3.63, 3.8) is 0 Å². The molecule has 0 rings (SSSR count). The highest BCUT2D eigenvalue weighted by atomic mass is 16.5. The maximum absolute atomic E-state index is 12.2. The predicted octanol–water partition coefficient (Wildman–Crippen LogP) is 2.27. The van der Waals surface area contributed by atoms with E-state index in [0.29, 0.717) is 19.3 Å². The first kappa shape index (κ1) is 22.7. The van der Waals surface area contributed by atoms with Gasteiger partial charge in [-0.25, -0.2) is 0 Å². The van der Waals surface area contributed by atoms with Crippen LogP contribution in [0.2, 0.25) is 0 Å². The monoisotopic (exact) mass is 355 g/mol. The number of nitrogens with one attached hydrogen (secondary N) is 1. The summed E-state index contributed by atoms with van der Waals surface area (Å²) in [6, 6.07) is -0.897. The number of hydrogen-bond donors (Lipinski definition) is 1. The second-order valence-corrected chi connectivity index (χ2v) is 6.30. The van der Waals surface area contributed by atoms with Crippen LogP contribution in [0.25, 0.3) is 20.9 Å². The summed E-state index contributed by atoms with van der Waals surface area (Å²) < 4.78 is 11.2. The smallest absolute Gasteiger partial charge is 0.252 e. The molecule has 0 spiro atoms. The highest BCUT2D eigenvalue weighted by molar-refractivity contribution is 5.86. The summed E-state index contributed by atoms with van der Waals surface area (Å²) in [7, 11) is 0. The molecule has 0 saturated heterocycles. The second kappa shape index (κ2) is 11.3. The molecule has 0 radical (unpaired) electrons. The van der Waals surface area contributed by atoms with Crippen molar-refractivity contribution in [1.82, 2.24) is 5.32 Å². The summed E-state index contributed by atoms with van der Waals surface area (Å²) >= 11 is 0. The van der Waals surface area contributed by atoms with Gasteiger partial charge >= 0.3 is 0 Å². The normalized spacial score (nSPS) is 12.5. The molecule has 1 unspecified atom stereocenters. The van der Waals surface area contributed by atoms with Crippen molar-refractivity contribution in [3.05, 3.63) is 20.9 Å². The minimum absolute atomic E-state index is 0.159. The van der Waals surface area contributed by atoms with Gasteiger partial charge in [-0.05, 0) is 45.2 Å². The zero-order valence-corrected chi connectivity index (χ0v) is 15.0. The van der Waals surface area contributed by atoms with E-state index in [2.05, 4.69) is 25.4 Å². The number of aldehydes is 1. The summed E-state index contributed by atoms with van der Waals surface area (Å²) in [6.45, 7) is 7.50. The third-order valence-corrected chi connectivity index (χ3v) is 3.28. The van der Waals surface area contributed by atoms with Gasteiger partial charge in [-0.2, -0.15) is 0 Å². The zero-order valence-electron chi connectivity index (χ0n) is 15.0. The first-order valence-electron chi connectivity index (χ1n) is 7.74. The summed E-state index contributed by atoms with van der Waals surface area (Å²) in [5.74, 6) is -0.486. The Morgan fingerprint density at radius 2 is 1.80 bits per heavy atom. The van der Waals surface area contributed by atoms with E-state index >= 15 is 0 Å². The fourth-order valence-electron chi connectivity index (χ4n) is 1.69. The van der Waals surface area contributed by atoms with Crippen LogP contribution in [0.3, 0.4) is 0 Å². The van der Waals surface area contributed by atoms with Gasteiger partial charge < -0.3 is 19.6 Å². The van der Waals surface area contributed by atoms with E-state index in [9.17, 15) is 9.59 Å². The van der Waals surface area contributed by atoms with Crippen LogP contribution < -0.4 is 5.32 Å². The van der Waals surface area contributed by atoms with Crippen molar-refractivity contribution in [1.29, 1.82) is 0 Å². The van der Waals surface area contributed by atoms with Crippen LogP contribution in [-0.2, 0) is 19.1 Å². The highest BCUT2D eigenvalue weighted by Gasteiger charge is 2.31. The molecule has 0 aromatic carbocycles. The number of carbonyl (C=O) groups is 2. The Morgan fingerprint density at radius 1 is 1.16 bits per heavy atom. The van der Waals surface area contributed by atoms with Gasteiger partial charge in [-0.15, -0.1) is 0 Å². The van der Waals surface area contributed by atoms with E-state index in [-0.39, 0.29) is 19.7 Å².